The van der Waals surface area contributed by atoms with Gasteiger partial charge in [-0.15, -0.1) is 0 Å². The van der Waals surface area contributed by atoms with Crippen LogP contribution in [0.4, 0.5) is 5.69 Å². The van der Waals surface area contributed by atoms with E-state index in [1.54, 1.807) is 12.1 Å². The van der Waals surface area contributed by atoms with Crippen LogP contribution in [0.5, 0.6) is 0 Å². The second kappa shape index (κ2) is 5.45. The summed E-state index contributed by atoms with van der Waals surface area (Å²) < 4.78 is 0. The van der Waals surface area contributed by atoms with Gasteiger partial charge in [-0.05, 0) is 24.1 Å². The van der Waals surface area contributed by atoms with Crippen molar-refractivity contribution in [3.8, 4) is 0 Å². The SMILES string of the molecule is CC(C)[C@@H](N)C(=O)Nc1cccc(C(=O)O)c1. The average molecular weight is 236 g/mol. The maximum atomic E-state index is 11.7. The van der Waals surface area contributed by atoms with E-state index in [1.807, 2.05) is 13.8 Å². The molecule has 1 rings (SSSR count). The average Bonchev–Trinajstić information content (AvgIpc) is 2.28. The van der Waals surface area contributed by atoms with Gasteiger partial charge in [-0.3, -0.25) is 4.79 Å². The summed E-state index contributed by atoms with van der Waals surface area (Å²) in [5.74, 6) is -1.32. The number of hydrogen-bond donors (Lipinski definition) is 3. The molecule has 0 aromatic heterocycles. The standard InChI is InChI=1S/C12H16N2O3/c1-7(2)10(13)11(15)14-9-5-3-4-8(6-9)12(16)17/h3-7,10H,13H2,1-2H3,(H,14,15)(H,16,17)/t10-/m1/s1. The van der Waals surface area contributed by atoms with Crippen LogP contribution in [0.1, 0.15) is 24.2 Å². The summed E-state index contributed by atoms with van der Waals surface area (Å²) >= 11 is 0. The lowest BCUT2D eigenvalue weighted by Gasteiger charge is -2.15. The van der Waals surface area contributed by atoms with Gasteiger partial charge in [0.15, 0.2) is 0 Å². The summed E-state index contributed by atoms with van der Waals surface area (Å²) in [7, 11) is 0. The lowest BCUT2D eigenvalue weighted by Crippen LogP contribution is -2.39. The van der Waals surface area contributed by atoms with Crippen LogP contribution in [0.3, 0.4) is 0 Å². The van der Waals surface area contributed by atoms with Crippen LogP contribution in [0.2, 0.25) is 0 Å². The Hall–Kier alpha value is -1.88. The number of anilines is 1. The van der Waals surface area contributed by atoms with Gasteiger partial charge in [0.2, 0.25) is 5.91 Å². The first-order valence-corrected chi connectivity index (χ1v) is 5.31. The van der Waals surface area contributed by atoms with Gasteiger partial charge in [0.05, 0.1) is 11.6 Å². The topological polar surface area (TPSA) is 92.4 Å². The molecule has 1 amide bonds. The first-order chi connectivity index (χ1) is 7.91. The largest absolute Gasteiger partial charge is 0.478 e. The molecule has 0 spiro atoms. The van der Waals surface area contributed by atoms with Gasteiger partial charge in [-0.2, -0.15) is 0 Å². The first kappa shape index (κ1) is 13.2. The van der Waals surface area contributed by atoms with Gasteiger partial charge in [-0.1, -0.05) is 19.9 Å². The van der Waals surface area contributed by atoms with Crippen LogP contribution >= 0.6 is 0 Å². The van der Waals surface area contributed by atoms with E-state index in [2.05, 4.69) is 5.32 Å². The van der Waals surface area contributed by atoms with Crippen molar-refractivity contribution in [2.75, 3.05) is 5.32 Å². The van der Waals surface area contributed by atoms with Gasteiger partial charge >= 0.3 is 5.97 Å². The zero-order valence-electron chi connectivity index (χ0n) is 9.81. The number of carbonyl (C=O) groups excluding carboxylic acids is 1. The summed E-state index contributed by atoms with van der Waals surface area (Å²) in [6.07, 6.45) is 0. The molecule has 4 N–H and O–H groups in total. The molecule has 1 atom stereocenters. The number of hydrogen-bond acceptors (Lipinski definition) is 3. The van der Waals surface area contributed by atoms with Crippen molar-refractivity contribution in [1.29, 1.82) is 0 Å². The van der Waals surface area contributed by atoms with E-state index in [1.165, 1.54) is 12.1 Å². The van der Waals surface area contributed by atoms with Crippen LogP contribution in [-0.2, 0) is 4.79 Å². The lowest BCUT2D eigenvalue weighted by atomic mass is 10.0. The van der Waals surface area contributed by atoms with Crippen molar-refractivity contribution in [2.45, 2.75) is 19.9 Å². The number of benzene rings is 1. The fourth-order valence-corrected chi connectivity index (χ4v) is 1.26. The van der Waals surface area contributed by atoms with Gasteiger partial charge < -0.3 is 16.2 Å². The molecule has 0 saturated heterocycles. The molecule has 5 heteroatoms. The van der Waals surface area contributed by atoms with Crippen LogP contribution in [-0.4, -0.2) is 23.0 Å². The number of rotatable bonds is 4. The molecule has 0 unspecified atom stereocenters. The monoisotopic (exact) mass is 236 g/mol. The highest BCUT2D eigenvalue weighted by Crippen LogP contribution is 2.11. The van der Waals surface area contributed by atoms with Crippen molar-refractivity contribution >= 4 is 17.6 Å². The van der Waals surface area contributed by atoms with Crippen molar-refractivity contribution in [3.63, 3.8) is 0 Å². The van der Waals surface area contributed by atoms with Gasteiger partial charge in [0, 0.05) is 5.69 Å². The predicted molar refractivity (Wildman–Crippen MR) is 64.8 cm³/mol. The van der Waals surface area contributed by atoms with E-state index in [0.29, 0.717) is 5.69 Å². The third kappa shape index (κ3) is 3.57. The number of amides is 1. The minimum atomic E-state index is -1.03. The zero-order chi connectivity index (χ0) is 13.0. The molecule has 1 aromatic rings. The summed E-state index contributed by atoms with van der Waals surface area (Å²) in [6.45, 7) is 3.69. The summed E-state index contributed by atoms with van der Waals surface area (Å²) in [5.41, 5.74) is 6.24. The third-order valence-corrected chi connectivity index (χ3v) is 2.40. The Labute approximate surface area is 99.6 Å². The molecule has 5 nitrogen and oxygen atoms in total. The molecule has 0 radical (unpaired) electrons. The number of carboxylic acid groups (broad SMARTS) is 1. The molecule has 0 aliphatic rings. The Bertz CT molecular complexity index is 430. The molecule has 0 fully saturated rings. The Balaban J connectivity index is 2.78. The highest BCUT2D eigenvalue weighted by molar-refractivity contribution is 5.96. The van der Waals surface area contributed by atoms with Gasteiger partial charge in [0.1, 0.15) is 0 Å². The van der Waals surface area contributed by atoms with E-state index in [-0.39, 0.29) is 17.4 Å². The molecule has 0 saturated carbocycles. The smallest absolute Gasteiger partial charge is 0.335 e. The molecule has 0 heterocycles. The van der Waals surface area contributed by atoms with Crippen molar-refractivity contribution in [1.82, 2.24) is 0 Å². The quantitative estimate of drug-likeness (QED) is 0.734. The number of carbonyl (C=O) groups is 2. The van der Waals surface area contributed by atoms with Gasteiger partial charge in [0.25, 0.3) is 0 Å². The molecule has 0 aliphatic carbocycles. The maximum Gasteiger partial charge on any atom is 0.335 e. The van der Waals surface area contributed by atoms with Crippen LogP contribution in [0.25, 0.3) is 0 Å². The molecule has 1 aromatic carbocycles. The normalized spacial score (nSPS) is 12.2. The Morgan fingerprint density at radius 3 is 2.53 bits per heavy atom. The van der Waals surface area contributed by atoms with E-state index < -0.39 is 12.0 Å². The third-order valence-electron chi connectivity index (χ3n) is 2.40. The number of nitrogens with one attached hydrogen (secondary N) is 1. The zero-order valence-corrected chi connectivity index (χ0v) is 9.81. The van der Waals surface area contributed by atoms with E-state index in [0.717, 1.165) is 0 Å². The van der Waals surface area contributed by atoms with Crippen LogP contribution in [0.15, 0.2) is 24.3 Å². The highest BCUT2D eigenvalue weighted by atomic mass is 16.4. The fraction of sp³-hybridized carbons (Fsp3) is 0.333. The minimum absolute atomic E-state index is 0.0256. The molecular formula is C12H16N2O3. The van der Waals surface area contributed by atoms with Crippen molar-refractivity contribution < 1.29 is 14.7 Å². The van der Waals surface area contributed by atoms with E-state index in [4.69, 9.17) is 10.8 Å². The number of nitrogens with two attached hydrogens (primary N) is 1. The summed E-state index contributed by atoms with van der Waals surface area (Å²) in [5, 5.41) is 11.4. The molecular weight excluding hydrogens is 220 g/mol. The summed E-state index contributed by atoms with van der Waals surface area (Å²) in [4.78, 5) is 22.4. The lowest BCUT2D eigenvalue weighted by molar-refractivity contribution is -0.118. The Kier molecular flexibility index (Phi) is 4.23. The molecule has 0 bridgehead atoms. The molecule has 0 aliphatic heterocycles. The van der Waals surface area contributed by atoms with E-state index >= 15 is 0 Å². The van der Waals surface area contributed by atoms with Crippen LogP contribution in [0, 0.1) is 5.92 Å². The Morgan fingerprint density at radius 2 is 2.00 bits per heavy atom. The second-order valence-electron chi connectivity index (χ2n) is 4.15. The fourth-order valence-electron chi connectivity index (χ4n) is 1.26. The number of aromatic carboxylic acids is 1. The molecule has 17 heavy (non-hydrogen) atoms. The predicted octanol–water partition coefficient (Wildman–Crippen LogP) is 1.31. The first-order valence-electron chi connectivity index (χ1n) is 5.31. The van der Waals surface area contributed by atoms with Crippen LogP contribution < -0.4 is 11.1 Å². The Morgan fingerprint density at radius 1 is 1.35 bits per heavy atom. The minimum Gasteiger partial charge on any atom is -0.478 e. The second-order valence-corrected chi connectivity index (χ2v) is 4.15. The highest BCUT2D eigenvalue weighted by Gasteiger charge is 2.17. The van der Waals surface area contributed by atoms with Crippen molar-refractivity contribution in [3.05, 3.63) is 29.8 Å². The molecule has 92 valence electrons. The summed E-state index contributed by atoms with van der Waals surface area (Å²) in [6, 6.07) is 5.44. The van der Waals surface area contributed by atoms with E-state index in [9.17, 15) is 9.59 Å². The van der Waals surface area contributed by atoms with Gasteiger partial charge in [-0.25, -0.2) is 4.79 Å². The number of carboxylic acids is 1. The maximum absolute atomic E-state index is 11.7. The van der Waals surface area contributed by atoms with Crippen molar-refractivity contribution in [2.24, 2.45) is 11.7 Å².